The minimum Gasteiger partial charge on any atom is -0.359 e. The molecule has 1 amide bonds. The molecule has 1 saturated heterocycles. The van der Waals surface area contributed by atoms with Gasteiger partial charge in [-0.3, -0.25) is 4.79 Å². The van der Waals surface area contributed by atoms with Crippen molar-refractivity contribution in [3.63, 3.8) is 0 Å². The smallest absolute Gasteiger partial charge is 0.242 e. The van der Waals surface area contributed by atoms with E-state index in [1.165, 1.54) is 21.0 Å². The zero-order chi connectivity index (χ0) is 19.1. The lowest BCUT2D eigenvalue weighted by molar-refractivity contribution is -0.131. The summed E-state index contributed by atoms with van der Waals surface area (Å²) >= 11 is 1.78. The fourth-order valence-corrected chi connectivity index (χ4v) is 5.68. The molecule has 0 bridgehead atoms. The summed E-state index contributed by atoms with van der Waals surface area (Å²) in [6.45, 7) is 4.35. The van der Waals surface area contributed by atoms with E-state index in [4.69, 9.17) is 4.98 Å². The van der Waals surface area contributed by atoms with Crippen molar-refractivity contribution in [2.24, 2.45) is 0 Å². The number of fused-ring (bicyclic) bond motifs is 2. The van der Waals surface area contributed by atoms with Crippen LogP contribution in [0.15, 0.2) is 48.5 Å². The van der Waals surface area contributed by atoms with Gasteiger partial charge in [0.15, 0.2) is 0 Å². The lowest BCUT2D eigenvalue weighted by atomic mass is 9.98. The number of amides is 1. The number of anilines is 1. The van der Waals surface area contributed by atoms with Crippen molar-refractivity contribution in [1.29, 1.82) is 0 Å². The summed E-state index contributed by atoms with van der Waals surface area (Å²) in [7, 11) is 0. The van der Waals surface area contributed by atoms with Crippen LogP contribution in [0.25, 0.3) is 10.2 Å². The van der Waals surface area contributed by atoms with Gasteiger partial charge in [0.25, 0.3) is 0 Å². The van der Waals surface area contributed by atoms with Gasteiger partial charge in [-0.05, 0) is 49.9 Å². The van der Waals surface area contributed by atoms with E-state index < -0.39 is 0 Å². The second-order valence-corrected chi connectivity index (χ2v) is 9.07. The highest BCUT2D eigenvalue weighted by Gasteiger charge is 2.31. The van der Waals surface area contributed by atoms with Gasteiger partial charge in [0.05, 0.1) is 21.8 Å². The molecule has 1 fully saturated rings. The summed E-state index contributed by atoms with van der Waals surface area (Å²) in [6, 6.07) is 17.2. The first-order chi connectivity index (χ1) is 13.7. The molecule has 2 aliphatic rings. The molecule has 0 aliphatic carbocycles. The average Bonchev–Trinajstić information content (AvgIpc) is 3.29. The van der Waals surface area contributed by atoms with E-state index in [9.17, 15) is 4.79 Å². The molecule has 3 heterocycles. The number of benzene rings is 2. The maximum Gasteiger partial charge on any atom is 0.242 e. The van der Waals surface area contributed by atoms with E-state index in [1.54, 1.807) is 11.3 Å². The van der Waals surface area contributed by atoms with Crippen LogP contribution >= 0.6 is 11.3 Å². The molecule has 2 atom stereocenters. The predicted octanol–water partition coefficient (Wildman–Crippen LogP) is 4.45. The summed E-state index contributed by atoms with van der Waals surface area (Å²) < 4.78 is 1.24. The fourth-order valence-electron chi connectivity index (χ4n) is 4.59. The van der Waals surface area contributed by atoms with Gasteiger partial charge < -0.3 is 9.80 Å². The van der Waals surface area contributed by atoms with Gasteiger partial charge in [0.1, 0.15) is 0 Å². The topological polar surface area (TPSA) is 36.4 Å². The molecule has 144 valence electrons. The van der Waals surface area contributed by atoms with E-state index in [2.05, 4.69) is 59.2 Å². The number of nitrogens with zero attached hydrogens (tertiary/aromatic N) is 3. The minimum absolute atomic E-state index is 0.245. The van der Waals surface area contributed by atoms with Crippen LogP contribution < -0.4 is 4.90 Å². The highest BCUT2D eigenvalue weighted by atomic mass is 32.1. The molecule has 4 nitrogen and oxygen atoms in total. The van der Waals surface area contributed by atoms with Crippen molar-refractivity contribution in [2.75, 3.05) is 24.5 Å². The van der Waals surface area contributed by atoms with Gasteiger partial charge in [0, 0.05) is 30.7 Å². The Morgan fingerprint density at radius 3 is 2.89 bits per heavy atom. The quantitative estimate of drug-likeness (QED) is 0.662. The summed E-state index contributed by atoms with van der Waals surface area (Å²) in [5.41, 5.74) is 3.66. The Morgan fingerprint density at radius 1 is 1.18 bits per heavy atom. The fraction of sp³-hybridized carbons (Fsp3) is 0.391. The third kappa shape index (κ3) is 3.18. The molecule has 28 heavy (non-hydrogen) atoms. The molecular formula is C23H25N3OS. The Hall–Kier alpha value is -2.40. The summed E-state index contributed by atoms with van der Waals surface area (Å²) in [5.74, 6) is 0.604. The Labute approximate surface area is 169 Å². The molecular weight excluding hydrogens is 366 g/mol. The number of carbonyl (C=O) groups is 1. The first kappa shape index (κ1) is 17.7. The van der Waals surface area contributed by atoms with Crippen LogP contribution in [0.4, 0.5) is 5.69 Å². The first-order valence-electron chi connectivity index (χ1n) is 10.2. The Bertz CT molecular complexity index is 981. The highest BCUT2D eigenvalue weighted by molar-refractivity contribution is 7.18. The van der Waals surface area contributed by atoms with Crippen LogP contribution in [0.5, 0.6) is 0 Å². The zero-order valence-electron chi connectivity index (χ0n) is 16.2. The molecule has 0 saturated carbocycles. The Morgan fingerprint density at radius 2 is 2.00 bits per heavy atom. The number of aromatic nitrogens is 1. The molecule has 0 radical (unpaired) electrons. The highest BCUT2D eigenvalue weighted by Crippen LogP contribution is 2.34. The zero-order valence-corrected chi connectivity index (χ0v) is 17.0. The number of piperidine rings is 1. The van der Waals surface area contributed by atoms with E-state index >= 15 is 0 Å². The lowest BCUT2D eigenvalue weighted by Gasteiger charge is -2.34. The van der Waals surface area contributed by atoms with Crippen LogP contribution in [-0.4, -0.2) is 41.5 Å². The van der Waals surface area contributed by atoms with Crippen molar-refractivity contribution >= 4 is 33.1 Å². The standard InChI is InChI=1S/C23H25N3OS/c1-16-13-17-7-2-4-10-20(17)26(16)15-22(27)25-12-6-8-18(14-25)23-24-19-9-3-5-11-21(19)28-23/h2-5,7,9-11,16,18H,6,8,12-15H2,1H3/t16-,18-/m1/s1. The number of hydrogen-bond acceptors (Lipinski definition) is 4. The Kier molecular flexibility index (Phi) is 4.55. The van der Waals surface area contributed by atoms with E-state index in [0.29, 0.717) is 18.5 Å². The molecule has 2 aromatic carbocycles. The molecule has 0 N–H and O–H groups in total. The lowest BCUT2D eigenvalue weighted by Crippen LogP contribution is -2.46. The van der Waals surface area contributed by atoms with E-state index in [-0.39, 0.29) is 5.91 Å². The molecule has 5 rings (SSSR count). The largest absolute Gasteiger partial charge is 0.359 e. The van der Waals surface area contributed by atoms with Gasteiger partial charge >= 0.3 is 0 Å². The third-order valence-corrected chi connectivity index (χ3v) is 7.29. The number of para-hydroxylation sites is 2. The SMILES string of the molecule is C[C@@H]1Cc2ccccc2N1CC(=O)N1CCC[C@@H](c2nc3ccccc3s2)C1. The van der Waals surface area contributed by atoms with Gasteiger partial charge in [-0.1, -0.05) is 30.3 Å². The minimum atomic E-state index is 0.245. The average molecular weight is 392 g/mol. The molecule has 3 aromatic rings. The van der Waals surface area contributed by atoms with Crippen LogP contribution in [0, 0.1) is 0 Å². The van der Waals surface area contributed by atoms with Crippen LogP contribution in [-0.2, 0) is 11.2 Å². The molecule has 0 spiro atoms. The van der Waals surface area contributed by atoms with Crippen LogP contribution in [0.1, 0.15) is 36.3 Å². The van der Waals surface area contributed by atoms with Crippen LogP contribution in [0.2, 0.25) is 0 Å². The third-order valence-electron chi connectivity index (χ3n) is 6.09. The molecule has 0 unspecified atom stereocenters. The maximum atomic E-state index is 13.1. The summed E-state index contributed by atoms with van der Waals surface area (Å²) in [6.07, 6.45) is 3.20. The molecule has 2 aliphatic heterocycles. The number of hydrogen-bond donors (Lipinski definition) is 0. The second kappa shape index (κ2) is 7.21. The monoisotopic (exact) mass is 391 g/mol. The maximum absolute atomic E-state index is 13.1. The summed E-state index contributed by atoms with van der Waals surface area (Å²) in [4.78, 5) is 22.3. The van der Waals surface area contributed by atoms with Gasteiger partial charge in [-0.15, -0.1) is 11.3 Å². The Balaban J connectivity index is 1.30. The predicted molar refractivity (Wildman–Crippen MR) is 115 cm³/mol. The second-order valence-electron chi connectivity index (χ2n) is 8.01. The normalized spacial score (nSPS) is 21.9. The van der Waals surface area contributed by atoms with E-state index in [0.717, 1.165) is 37.9 Å². The van der Waals surface area contributed by atoms with Crippen molar-refractivity contribution in [3.05, 3.63) is 59.1 Å². The first-order valence-corrected chi connectivity index (χ1v) is 11.0. The van der Waals surface area contributed by atoms with Gasteiger partial charge in [0.2, 0.25) is 5.91 Å². The number of carbonyl (C=O) groups excluding carboxylic acids is 1. The number of likely N-dealkylation sites (tertiary alicyclic amines) is 1. The van der Waals surface area contributed by atoms with Crippen molar-refractivity contribution < 1.29 is 4.79 Å². The van der Waals surface area contributed by atoms with E-state index in [1.807, 2.05) is 6.07 Å². The molecule has 1 aromatic heterocycles. The van der Waals surface area contributed by atoms with Crippen molar-refractivity contribution in [1.82, 2.24) is 9.88 Å². The van der Waals surface area contributed by atoms with Gasteiger partial charge in [-0.2, -0.15) is 0 Å². The number of rotatable bonds is 3. The van der Waals surface area contributed by atoms with Crippen molar-refractivity contribution in [2.45, 2.75) is 38.1 Å². The summed E-state index contributed by atoms with van der Waals surface area (Å²) in [5, 5.41) is 1.18. The molecule has 5 heteroatoms. The van der Waals surface area contributed by atoms with Crippen molar-refractivity contribution in [3.8, 4) is 0 Å². The van der Waals surface area contributed by atoms with Crippen LogP contribution in [0.3, 0.4) is 0 Å². The van der Waals surface area contributed by atoms with Gasteiger partial charge in [-0.25, -0.2) is 4.98 Å². The number of thiazole rings is 1.